The number of hydrogen-bond donors (Lipinski definition) is 2. The van der Waals surface area contributed by atoms with Crippen LogP contribution in [0.5, 0.6) is 11.5 Å². The summed E-state index contributed by atoms with van der Waals surface area (Å²) in [7, 11) is 1.51. The molecule has 20 heavy (non-hydrogen) atoms. The second-order valence-corrected chi connectivity index (χ2v) is 5.53. The standard InChI is InChI=1S/C16H22N2O2/c1-11-5-3-4-6-13(11)18-14(10-17)12-7-8-15(19)16(9-12)20-2/h7-9,11,13-14,18-19H,3-6H2,1-2H3. The molecule has 0 radical (unpaired) electrons. The summed E-state index contributed by atoms with van der Waals surface area (Å²) in [6, 6.07) is 7.40. The van der Waals surface area contributed by atoms with Crippen molar-refractivity contribution in [2.24, 2.45) is 5.92 Å². The zero-order valence-corrected chi connectivity index (χ0v) is 12.1. The summed E-state index contributed by atoms with van der Waals surface area (Å²) in [4.78, 5) is 0. The molecule has 4 heteroatoms. The van der Waals surface area contributed by atoms with Gasteiger partial charge in [0.05, 0.1) is 13.2 Å². The Morgan fingerprint density at radius 1 is 1.40 bits per heavy atom. The molecule has 1 fully saturated rings. The van der Waals surface area contributed by atoms with Crippen molar-refractivity contribution in [2.45, 2.75) is 44.7 Å². The molecule has 1 aromatic rings. The van der Waals surface area contributed by atoms with Crippen molar-refractivity contribution in [1.82, 2.24) is 5.32 Å². The molecule has 1 aromatic carbocycles. The molecule has 3 atom stereocenters. The lowest BCUT2D eigenvalue weighted by atomic mass is 9.85. The number of phenolic OH excluding ortho intramolecular Hbond substituents is 1. The molecule has 3 unspecified atom stereocenters. The van der Waals surface area contributed by atoms with Crippen molar-refractivity contribution in [2.75, 3.05) is 7.11 Å². The molecule has 108 valence electrons. The summed E-state index contributed by atoms with van der Waals surface area (Å²) >= 11 is 0. The van der Waals surface area contributed by atoms with E-state index in [9.17, 15) is 10.4 Å². The molecule has 0 saturated heterocycles. The Bertz CT molecular complexity index is 496. The first kappa shape index (κ1) is 14.7. The van der Waals surface area contributed by atoms with Gasteiger partial charge in [0.15, 0.2) is 11.5 Å². The van der Waals surface area contributed by atoms with Gasteiger partial charge in [-0.2, -0.15) is 5.26 Å². The zero-order chi connectivity index (χ0) is 14.5. The number of aromatic hydroxyl groups is 1. The minimum Gasteiger partial charge on any atom is -0.504 e. The Balaban J connectivity index is 2.14. The maximum Gasteiger partial charge on any atom is 0.160 e. The molecule has 0 heterocycles. The van der Waals surface area contributed by atoms with Gasteiger partial charge in [0, 0.05) is 6.04 Å². The molecular weight excluding hydrogens is 252 g/mol. The average molecular weight is 274 g/mol. The van der Waals surface area contributed by atoms with Crippen LogP contribution in [-0.2, 0) is 0 Å². The van der Waals surface area contributed by atoms with Crippen molar-refractivity contribution in [1.29, 1.82) is 5.26 Å². The molecule has 0 bridgehead atoms. The van der Waals surface area contributed by atoms with Gasteiger partial charge >= 0.3 is 0 Å². The fourth-order valence-electron chi connectivity index (χ4n) is 2.86. The van der Waals surface area contributed by atoms with Crippen LogP contribution in [0.15, 0.2) is 18.2 Å². The van der Waals surface area contributed by atoms with E-state index in [1.54, 1.807) is 18.2 Å². The van der Waals surface area contributed by atoms with E-state index in [1.165, 1.54) is 26.4 Å². The lowest BCUT2D eigenvalue weighted by Crippen LogP contribution is -2.39. The predicted octanol–water partition coefficient (Wildman–Crippen LogP) is 3.13. The average Bonchev–Trinajstić information content (AvgIpc) is 2.47. The molecule has 1 aliphatic rings. The fraction of sp³-hybridized carbons (Fsp3) is 0.562. The number of rotatable bonds is 4. The molecule has 0 spiro atoms. The van der Waals surface area contributed by atoms with E-state index < -0.39 is 0 Å². The van der Waals surface area contributed by atoms with E-state index in [0.717, 1.165) is 12.0 Å². The van der Waals surface area contributed by atoms with Gasteiger partial charge in [0.1, 0.15) is 6.04 Å². The third kappa shape index (κ3) is 3.23. The van der Waals surface area contributed by atoms with Gasteiger partial charge in [0.25, 0.3) is 0 Å². The zero-order valence-electron chi connectivity index (χ0n) is 12.1. The van der Waals surface area contributed by atoms with Crippen LogP contribution in [0.25, 0.3) is 0 Å². The van der Waals surface area contributed by atoms with Crippen LogP contribution in [-0.4, -0.2) is 18.3 Å². The van der Waals surface area contributed by atoms with E-state index in [4.69, 9.17) is 4.74 Å². The van der Waals surface area contributed by atoms with Crippen LogP contribution < -0.4 is 10.1 Å². The quantitative estimate of drug-likeness (QED) is 0.885. The van der Waals surface area contributed by atoms with Crippen molar-refractivity contribution in [3.05, 3.63) is 23.8 Å². The van der Waals surface area contributed by atoms with E-state index in [-0.39, 0.29) is 11.8 Å². The SMILES string of the molecule is COc1cc(C(C#N)NC2CCCCC2C)ccc1O. The summed E-state index contributed by atoms with van der Waals surface area (Å²) < 4.78 is 5.10. The number of nitrogens with one attached hydrogen (secondary N) is 1. The van der Waals surface area contributed by atoms with Crippen molar-refractivity contribution in [3.63, 3.8) is 0 Å². The minimum atomic E-state index is -0.366. The first-order valence-electron chi connectivity index (χ1n) is 7.18. The van der Waals surface area contributed by atoms with E-state index in [1.807, 2.05) is 0 Å². The smallest absolute Gasteiger partial charge is 0.160 e. The minimum absolute atomic E-state index is 0.0963. The van der Waals surface area contributed by atoms with Gasteiger partial charge in [-0.3, -0.25) is 5.32 Å². The summed E-state index contributed by atoms with van der Waals surface area (Å²) in [6.07, 6.45) is 4.84. The number of phenols is 1. The van der Waals surface area contributed by atoms with Gasteiger partial charge in [0.2, 0.25) is 0 Å². The number of methoxy groups -OCH3 is 1. The van der Waals surface area contributed by atoms with E-state index in [2.05, 4.69) is 18.3 Å². The van der Waals surface area contributed by atoms with Crippen LogP contribution in [0.3, 0.4) is 0 Å². The normalized spacial score (nSPS) is 23.9. The molecule has 0 aromatic heterocycles. The summed E-state index contributed by atoms with van der Waals surface area (Å²) in [5, 5.41) is 22.5. The summed E-state index contributed by atoms with van der Waals surface area (Å²) in [6.45, 7) is 2.24. The maximum atomic E-state index is 9.62. The molecule has 2 rings (SSSR count). The summed E-state index contributed by atoms with van der Waals surface area (Å²) in [5.74, 6) is 1.10. The highest BCUT2D eigenvalue weighted by molar-refractivity contribution is 5.43. The van der Waals surface area contributed by atoms with Crippen LogP contribution in [0.1, 0.15) is 44.2 Å². The lowest BCUT2D eigenvalue weighted by molar-refractivity contribution is 0.271. The van der Waals surface area contributed by atoms with Crippen LogP contribution >= 0.6 is 0 Å². The molecule has 0 aliphatic heterocycles. The highest BCUT2D eigenvalue weighted by Crippen LogP contribution is 2.30. The largest absolute Gasteiger partial charge is 0.504 e. The number of nitrogens with zero attached hydrogens (tertiary/aromatic N) is 1. The number of nitriles is 1. The van der Waals surface area contributed by atoms with Crippen LogP contribution in [0.4, 0.5) is 0 Å². The van der Waals surface area contributed by atoms with E-state index >= 15 is 0 Å². The molecule has 1 aliphatic carbocycles. The van der Waals surface area contributed by atoms with Crippen molar-refractivity contribution < 1.29 is 9.84 Å². The number of ether oxygens (including phenoxy) is 1. The fourth-order valence-corrected chi connectivity index (χ4v) is 2.86. The molecular formula is C16H22N2O2. The third-order valence-corrected chi connectivity index (χ3v) is 4.16. The highest BCUT2D eigenvalue weighted by atomic mass is 16.5. The number of hydrogen-bond acceptors (Lipinski definition) is 4. The molecule has 2 N–H and O–H groups in total. The maximum absolute atomic E-state index is 9.62. The van der Waals surface area contributed by atoms with Gasteiger partial charge in [-0.25, -0.2) is 0 Å². The highest BCUT2D eigenvalue weighted by Gasteiger charge is 2.24. The van der Waals surface area contributed by atoms with E-state index in [0.29, 0.717) is 17.7 Å². The number of benzene rings is 1. The van der Waals surface area contributed by atoms with Crippen molar-refractivity contribution in [3.8, 4) is 17.6 Å². The van der Waals surface area contributed by atoms with Crippen molar-refractivity contribution >= 4 is 0 Å². The molecule has 1 saturated carbocycles. The van der Waals surface area contributed by atoms with Crippen LogP contribution in [0.2, 0.25) is 0 Å². The monoisotopic (exact) mass is 274 g/mol. The molecule has 4 nitrogen and oxygen atoms in total. The Kier molecular flexibility index (Phi) is 4.86. The Hall–Kier alpha value is -1.73. The van der Waals surface area contributed by atoms with Gasteiger partial charge in [-0.1, -0.05) is 25.8 Å². The van der Waals surface area contributed by atoms with Gasteiger partial charge < -0.3 is 9.84 Å². The van der Waals surface area contributed by atoms with Gasteiger partial charge in [-0.15, -0.1) is 0 Å². The van der Waals surface area contributed by atoms with Crippen LogP contribution in [0, 0.1) is 17.2 Å². The van der Waals surface area contributed by atoms with Gasteiger partial charge in [-0.05, 0) is 36.5 Å². The first-order chi connectivity index (χ1) is 9.65. The second kappa shape index (κ2) is 6.62. The first-order valence-corrected chi connectivity index (χ1v) is 7.18. The topological polar surface area (TPSA) is 65.3 Å². The third-order valence-electron chi connectivity index (χ3n) is 4.16. The lowest BCUT2D eigenvalue weighted by Gasteiger charge is -2.31. The molecule has 0 amide bonds. The second-order valence-electron chi connectivity index (χ2n) is 5.53. The Morgan fingerprint density at radius 2 is 2.15 bits per heavy atom. The summed E-state index contributed by atoms with van der Waals surface area (Å²) in [5.41, 5.74) is 0.833. The Morgan fingerprint density at radius 3 is 2.80 bits per heavy atom. The predicted molar refractivity (Wildman–Crippen MR) is 77.6 cm³/mol. The Labute approximate surface area is 120 Å².